The lowest BCUT2D eigenvalue weighted by Crippen LogP contribution is -2.51. The van der Waals surface area contributed by atoms with Crippen LogP contribution in [0.4, 0.5) is 0 Å². The highest BCUT2D eigenvalue weighted by atomic mass is 32.1. The van der Waals surface area contributed by atoms with Gasteiger partial charge in [0.15, 0.2) is 0 Å². The average molecular weight is 395 g/mol. The van der Waals surface area contributed by atoms with Gasteiger partial charge in [0.05, 0.1) is 18.7 Å². The lowest BCUT2D eigenvalue weighted by Gasteiger charge is -2.28. The van der Waals surface area contributed by atoms with E-state index in [0.29, 0.717) is 31.7 Å². The van der Waals surface area contributed by atoms with E-state index in [9.17, 15) is 19.5 Å². The van der Waals surface area contributed by atoms with E-state index in [1.807, 2.05) is 19.0 Å². The normalized spacial score (nSPS) is 25.6. The second-order valence-corrected chi connectivity index (χ2v) is 8.23. The molecule has 3 N–H and O–H groups in total. The summed E-state index contributed by atoms with van der Waals surface area (Å²) < 4.78 is 0. The van der Waals surface area contributed by atoms with Crippen molar-refractivity contribution in [2.75, 3.05) is 33.7 Å². The fraction of sp³-hybridized carbons (Fsp3) is 0.647. The van der Waals surface area contributed by atoms with Gasteiger partial charge in [-0.25, -0.2) is 4.98 Å². The molecule has 1 saturated heterocycles. The number of piperazine rings is 1. The smallest absolute Gasteiger partial charge is 0.271 e. The van der Waals surface area contributed by atoms with Gasteiger partial charge in [0.1, 0.15) is 10.7 Å². The highest BCUT2D eigenvalue weighted by molar-refractivity contribution is 7.09. The number of aromatic nitrogens is 1. The second kappa shape index (κ2) is 8.32. The maximum Gasteiger partial charge on any atom is 0.271 e. The van der Waals surface area contributed by atoms with Crippen molar-refractivity contribution in [2.45, 2.75) is 31.5 Å². The highest BCUT2D eigenvalue weighted by Gasteiger charge is 2.40. The Morgan fingerprint density at radius 3 is 2.93 bits per heavy atom. The lowest BCUT2D eigenvalue weighted by molar-refractivity contribution is -0.141. The van der Waals surface area contributed by atoms with Crippen LogP contribution < -0.4 is 10.6 Å². The summed E-state index contributed by atoms with van der Waals surface area (Å²) in [5.41, 5.74) is 0.325. The SMILES string of the molecule is CN(C)Cc1nc(C(=O)N[C@H]2C[C@H](C(=O)N3CCNC(=O)C3)C[C@@H]2O)cs1. The van der Waals surface area contributed by atoms with Crippen LogP contribution in [0.5, 0.6) is 0 Å². The van der Waals surface area contributed by atoms with Crippen LogP contribution in [0.25, 0.3) is 0 Å². The maximum atomic E-state index is 12.6. The first-order chi connectivity index (χ1) is 12.8. The minimum absolute atomic E-state index is 0.0515. The van der Waals surface area contributed by atoms with Gasteiger partial charge in [0.25, 0.3) is 5.91 Å². The van der Waals surface area contributed by atoms with E-state index in [1.54, 1.807) is 5.38 Å². The summed E-state index contributed by atoms with van der Waals surface area (Å²) in [7, 11) is 3.86. The van der Waals surface area contributed by atoms with E-state index in [4.69, 9.17) is 0 Å². The van der Waals surface area contributed by atoms with Gasteiger partial charge in [-0.3, -0.25) is 14.4 Å². The van der Waals surface area contributed by atoms with Crippen molar-refractivity contribution in [1.82, 2.24) is 25.4 Å². The number of rotatable bonds is 5. The second-order valence-electron chi connectivity index (χ2n) is 7.29. The van der Waals surface area contributed by atoms with Crippen molar-refractivity contribution < 1.29 is 19.5 Å². The quantitative estimate of drug-likeness (QED) is 0.591. The third-order valence-corrected chi connectivity index (χ3v) is 5.61. The zero-order valence-electron chi connectivity index (χ0n) is 15.5. The molecule has 3 rings (SSSR count). The number of carbonyl (C=O) groups is 3. The molecule has 3 amide bonds. The van der Waals surface area contributed by atoms with Crippen molar-refractivity contribution in [3.63, 3.8) is 0 Å². The Balaban J connectivity index is 1.56. The highest BCUT2D eigenvalue weighted by Crippen LogP contribution is 2.28. The maximum absolute atomic E-state index is 12.6. The predicted molar refractivity (Wildman–Crippen MR) is 99.1 cm³/mol. The molecule has 2 aliphatic rings. The van der Waals surface area contributed by atoms with Crippen molar-refractivity contribution in [3.05, 3.63) is 16.1 Å². The third-order valence-electron chi connectivity index (χ3n) is 4.78. The molecule has 2 heterocycles. The molecule has 1 aromatic rings. The standard InChI is InChI=1S/C17H25N5O4S/c1-21(2)8-15-19-12(9-27-15)16(25)20-11-5-10(6-13(11)23)17(26)22-4-3-18-14(24)7-22/h9-11,13,23H,3-8H2,1-2H3,(H,18,24)(H,20,25)/t10-,11-,13-/m0/s1. The van der Waals surface area contributed by atoms with E-state index in [2.05, 4.69) is 15.6 Å². The summed E-state index contributed by atoms with van der Waals surface area (Å²) in [5, 5.41) is 18.3. The van der Waals surface area contributed by atoms with Crippen LogP contribution in [0.1, 0.15) is 28.3 Å². The number of carbonyl (C=O) groups excluding carboxylic acids is 3. The van der Waals surface area contributed by atoms with Gasteiger partial charge in [0, 0.05) is 30.9 Å². The van der Waals surface area contributed by atoms with Crippen molar-refractivity contribution in [3.8, 4) is 0 Å². The van der Waals surface area contributed by atoms with Gasteiger partial charge in [-0.2, -0.15) is 0 Å². The molecule has 0 bridgehead atoms. The van der Waals surface area contributed by atoms with E-state index < -0.39 is 18.1 Å². The molecule has 10 heteroatoms. The number of nitrogens with one attached hydrogen (secondary N) is 2. The molecule has 0 aromatic carbocycles. The van der Waals surface area contributed by atoms with Gasteiger partial charge in [-0.05, 0) is 26.9 Å². The first-order valence-electron chi connectivity index (χ1n) is 8.97. The molecule has 27 heavy (non-hydrogen) atoms. The number of thiazole rings is 1. The van der Waals surface area contributed by atoms with Gasteiger partial charge in [-0.1, -0.05) is 0 Å². The summed E-state index contributed by atoms with van der Waals surface area (Å²) in [4.78, 5) is 44.3. The summed E-state index contributed by atoms with van der Waals surface area (Å²) in [6, 6.07) is -0.496. The zero-order valence-corrected chi connectivity index (χ0v) is 16.3. The summed E-state index contributed by atoms with van der Waals surface area (Å²) in [5.74, 6) is -1.04. The van der Waals surface area contributed by atoms with E-state index in [1.165, 1.54) is 16.2 Å². The Hall–Kier alpha value is -2.04. The first kappa shape index (κ1) is 19.7. The topological polar surface area (TPSA) is 115 Å². The van der Waals surface area contributed by atoms with E-state index in [0.717, 1.165) is 5.01 Å². The van der Waals surface area contributed by atoms with Crippen LogP contribution in [0.15, 0.2) is 5.38 Å². The number of aliphatic hydroxyl groups is 1. The minimum Gasteiger partial charge on any atom is -0.391 e. The molecular formula is C17H25N5O4S. The van der Waals surface area contributed by atoms with Gasteiger partial charge < -0.3 is 25.5 Å². The number of hydrogen-bond acceptors (Lipinski definition) is 7. The van der Waals surface area contributed by atoms with Crippen LogP contribution in [0.3, 0.4) is 0 Å². The van der Waals surface area contributed by atoms with E-state index >= 15 is 0 Å². The molecule has 1 aromatic heterocycles. The molecule has 148 valence electrons. The van der Waals surface area contributed by atoms with Gasteiger partial charge in [-0.15, -0.1) is 11.3 Å². The Morgan fingerprint density at radius 2 is 2.22 bits per heavy atom. The largest absolute Gasteiger partial charge is 0.391 e. The van der Waals surface area contributed by atoms with Crippen LogP contribution in [-0.2, 0) is 16.1 Å². The van der Waals surface area contributed by atoms with Gasteiger partial charge >= 0.3 is 0 Å². The lowest BCUT2D eigenvalue weighted by atomic mass is 10.1. The third kappa shape index (κ3) is 4.82. The minimum atomic E-state index is -0.790. The Kier molecular flexibility index (Phi) is 6.08. The molecular weight excluding hydrogens is 370 g/mol. The number of nitrogens with zero attached hydrogens (tertiary/aromatic N) is 3. The van der Waals surface area contributed by atoms with Crippen LogP contribution in [0.2, 0.25) is 0 Å². The summed E-state index contributed by atoms with van der Waals surface area (Å²) in [6.45, 7) is 1.63. The Morgan fingerprint density at radius 1 is 1.44 bits per heavy atom. The number of aliphatic hydroxyl groups excluding tert-OH is 1. The molecule has 1 aliphatic carbocycles. The molecule has 9 nitrogen and oxygen atoms in total. The van der Waals surface area contributed by atoms with Crippen molar-refractivity contribution in [2.24, 2.45) is 5.92 Å². The van der Waals surface area contributed by atoms with Crippen LogP contribution >= 0.6 is 11.3 Å². The molecule has 0 unspecified atom stereocenters. The number of hydrogen-bond donors (Lipinski definition) is 3. The van der Waals surface area contributed by atoms with Gasteiger partial charge in [0.2, 0.25) is 11.8 Å². The van der Waals surface area contributed by atoms with Crippen LogP contribution in [0, 0.1) is 5.92 Å². The molecule has 1 saturated carbocycles. The summed E-state index contributed by atoms with van der Waals surface area (Å²) >= 11 is 1.41. The Bertz CT molecular complexity index is 722. The average Bonchev–Trinajstić information content (AvgIpc) is 3.21. The molecule has 3 atom stereocenters. The molecule has 0 radical (unpaired) electrons. The Labute approximate surface area is 161 Å². The fourth-order valence-corrected chi connectivity index (χ4v) is 4.35. The van der Waals surface area contributed by atoms with Crippen molar-refractivity contribution >= 4 is 29.1 Å². The zero-order chi connectivity index (χ0) is 19.6. The van der Waals surface area contributed by atoms with Crippen molar-refractivity contribution in [1.29, 1.82) is 0 Å². The predicted octanol–water partition coefficient (Wildman–Crippen LogP) is -0.968. The monoisotopic (exact) mass is 395 g/mol. The van der Waals surface area contributed by atoms with E-state index in [-0.39, 0.29) is 30.7 Å². The number of amides is 3. The summed E-state index contributed by atoms with van der Waals surface area (Å²) in [6.07, 6.45) is -0.148. The molecule has 2 fully saturated rings. The first-order valence-corrected chi connectivity index (χ1v) is 9.85. The fourth-order valence-electron chi connectivity index (χ4n) is 3.46. The molecule has 1 aliphatic heterocycles. The molecule has 0 spiro atoms. The van der Waals surface area contributed by atoms with Crippen LogP contribution in [-0.4, -0.2) is 83.5 Å².